The summed E-state index contributed by atoms with van der Waals surface area (Å²) in [4.78, 5) is -0.437. The molecule has 0 amide bonds. The maximum absolute atomic E-state index is 10.7. The van der Waals surface area contributed by atoms with E-state index < -0.39 is 15.0 Å². The summed E-state index contributed by atoms with van der Waals surface area (Å²) in [7, 11) is -4.54. The van der Waals surface area contributed by atoms with Gasteiger partial charge in [-0.2, -0.15) is 0 Å². The van der Waals surface area contributed by atoms with Crippen LogP contribution < -0.4 is 29.6 Å². The van der Waals surface area contributed by atoms with Gasteiger partial charge in [-0.1, -0.05) is 6.07 Å². The van der Waals surface area contributed by atoms with Crippen molar-refractivity contribution >= 4 is 10.1 Å². The van der Waals surface area contributed by atoms with Crippen molar-refractivity contribution in [2.45, 2.75) is 18.1 Å². The van der Waals surface area contributed by atoms with Crippen LogP contribution in [0, 0.1) is 0 Å². The predicted octanol–water partition coefficient (Wildman–Crippen LogP) is -3.42. The molecule has 0 bridgehead atoms. The summed E-state index contributed by atoms with van der Waals surface area (Å²) in [5.41, 5.74) is 0.567. The predicted molar refractivity (Wildman–Crippen MR) is 46.3 cm³/mol. The van der Waals surface area contributed by atoms with Gasteiger partial charge >= 0.3 is 29.6 Å². The summed E-state index contributed by atoms with van der Waals surface area (Å²) < 4.78 is 32.0. The van der Waals surface area contributed by atoms with Crippen LogP contribution in [0.25, 0.3) is 0 Å². The van der Waals surface area contributed by atoms with Crippen LogP contribution in [0.4, 0.5) is 0 Å². The van der Waals surface area contributed by atoms with Crippen LogP contribution in [0.5, 0.6) is 0 Å². The van der Waals surface area contributed by atoms with Crippen molar-refractivity contribution in [1.29, 1.82) is 0 Å². The molecule has 0 atom stereocenters. The monoisotopic (exact) mass is 240 g/mol. The average Bonchev–Trinajstić information content (AvgIpc) is 2.15. The smallest absolute Gasteiger partial charge is 0.744 e. The Morgan fingerprint density at radius 3 is 1.73 bits per heavy atom. The van der Waals surface area contributed by atoms with Gasteiger partial charge in [-0.05, 0) is 23.3 Å². The van der Waals surface area contributed by atoms with Gasteiger partial charge in [-0.3, -0.25) is 0 Å². The van der Waals surface area contributed by atoms with Crippen LogP contribution in [0.1, 0.15) is 11.1 Å². The van der Waals surface area contributed by atoms with Gasteiger partial charge in [0.05, 0.1) is 18.1 Å². The van der Waals surface area contributed by atoms with E-state index in [4.69, 9.17) is 10.2 Å². The molecule has 0 radical (unpaired) electrons. The number of benzene rings is 1. The quantitative estimate of drug-likeness (QED) is 0.423. The fourth-order valence-electron chi connectivity index (χ4n) is 1.06. The summed E-state index contributed by atoms with van der Waals surface area (Å²) in [6.07, 6.45) is 0. The van der Waals surface area contributed by atoms with E-state index in [0.29, 0.717) is 0 Å². The zero-order chi connectivity index (χ0) is 10.8. The number of hydrogen-bond acceptors (Lipinski definition) is 5. The van der Waals surface area contributed by atoms with Gasteiger partial charge in [-0.15, -0.1) is 0 Å². The molecule has 0 unspecified atom stereocenters. The van der Waals surface area contributed by atoms with E-state index in [2.05, 4.69) is 0 Å². The van der Waals surface area contributed by atoms with Crippen LogP contribution >= 0.6 is 0 Å². The molecule has 0 aliphatic rings. The Morgan fingerprint density at radius 1 is 1.07 bits per heavy atom. The fraction of sp³-hybridized carbons (Fsp3) is 0.250. The Kier molecular flexibility index (Phi) is 5.97. The molecule has 0 fully saturated rings. The Labute approximate surface area is 110 Å². The first-order chi connectivity index (χ1) is 6.47. The van der Waals surface area contributed by atoms with E-state index in [9.17, 15) is 13.0 Å². The second kappa shape index (κ2) is 5.95. The van der Waals surface area contributed by atoms with Crippen molar-refractivity contribution in [3.63, 3.8) is 0 Å². The number of aliphatic hydroxyl groups excluding tert-OH is 2. The summed E-state index contributed by atoms with van der Waals surface area (Å²) in [6.45, 7) is -0.757. The Hall–Kier alpha value is 0.0500. The molecule has 0 heterocycles. The largest absolute Gasteiger partial charge is 1.00 e. The summed E-state index contributed by atoms with van der Waals surface area (Å²) in [5.74, 6) is 0. The maximum Gasteiger partial charge on any atom is 1.00 e. The zero-order valence-corrected chi connectivity index (χ0v) is 11.0. The van der Waals surface area contributed by atoms with Gasteiger partial charge in [-0.25, -0.2) is 8.42 Å². The van der Waals surface area contributed by atoms with Crippen LogP contribution in [-0.4, -0.2) is 23.2 Å². The third-order valence-corrected chi connectivity index (χ3v) is 2.49. The first kappa shape index (κ1) is 15.0. The molecule has 5 nitrogen and oxygen atoms in total. The average molecular weight is 240 g/mol. The minimum Gasteiger partial charge on any atom is -0.744 e. The minimum absolute atomic E-state index is 0. The Balaban J connectivity index is 0.00000196. The normalized spacial score (nSPS) is 10.9. The first-order valence-electron chi connectivity index (χ1n) is 3.78. The number of rotatable bonds is 3. The summed E-state index contributed by atoms with van der Waals surface area (Å²) in [5, 5.41) is 17.5. The van der Waals surface area contributed by atoms with E-state index in [0.717, 1.165) is 12.1 Å². The molecule has 0 aliphatic carbocycles. The van der Waals surface area contributed by atoms with Gasteiger partial charge < -0.3 is 14.8 Å². The molecule has 7 heteroatoms. The van der Waals surface area contributed by atoms with Gasteiger partial charge in [0.25, 0.3) is 0 Å². The third-order valence-electron chi connectivity index (χ3n) is 1.68. The second-order valence-electron chi connectivity index (χ2n) is 2.76. The Bertz CT molecular complexity index is 406. The van der Waals surface area contributed by atoms with Crippen molar-refractivity contribution in [2.24, 2.45) is 0 Å². The molecule has 15 heavy (non-hydrogen) atoms. The standard InChI is InChI=1S/C8H10O5S.Na/c9-4-6-1-7(5-10)3-8(2-6)14(11,12)13;/h1-3,9-10H,4-5H2,(H,11,12,13);/q;+1/p-1. The van der Waals surface area contributed by atoms with Crippen molar-refractivity contribution in [3.05, 3.63) is 29.3 Å². The molecule has 0 aromatic heterocycles. The van der Waals surface area contributed by atoms with Gasteiger partial charge in [0.15, 0.2) is 0 Å². The van der Waals surface area contributed by atoms with E-state index >= 15 is 0 Å². The minimum atomic E-state index is -4.54. The van der Waals surface area contributed by atoms with Gasteiger partial charge in [0.2, 0.25) is 0 Å². The van der Waals surface area contributed by atoms with Gasteiger partial charge in [0.1, 0.15) is 10.1 Å². The fourth-order valence-corrected chi connectivity index (χ4v) is 1.65. The maximum atomic E-state index is 10.7. The molecular weight excluding hydrogens is 231 g/mol. The molecule has 78 valence electrons. The molecule has 0 saturated carbocycles. The van der Waals surface area contributed by atoms with Gasteiger partial charge in [0, 0.05) is 0 Å². The number of hydrogen-bond donors (Lipinski definition) is 2. The van der Waals surface area contributed by atoms with Crippen molar-refractivity contribution in [1.82, 2.24) is 0 Å². The SMILES string of the molecule is O=S(=O)([O-])c1cc(CO)cc(CO)c1.[Na+]. The van der Waals surface area contributed by atoms with Crippen molar-refractivity contribution < 1.29 is 52.7 Å². The van der Waals surface area contributed by atoms with Crippen molar-refractivity contribution in [2.75, 3.05) is 0 Å². The Morgan fingerprint density at radius 2 is 1.47 bits per heavy atom. The van der Waals surface area contributed by atoms with E-state index in [1.54, 1.807) is 0 Å². The molecule has 2 N–H and O–H groups in total. The molecule has 0 aliphatic heterocycles. The second-order valence-corrected chi connectivity index (χ2v) is 4.14. The van der Waals surface area contributed by atoms with Crippen LogP contribution in [0.3, 0.4) is 0 Å². The van der Waals surface area contributed by atoms with E-state index in [1.165, 1.54) is 6.07 Å². The number of aliphatic hydroxyl groups is 2. The third kappa shape index (κ3) is 4.20. The van der Waals surface area contributed by atoms with Crippen molar-refractivity contribution in [3.8, 4) is 0 Å². The molecule has 0 saturated heterocycles. The van der Waals surface area contributed by atoms with Crippen LogP contribution in [-0.2, 0) is 23.3 Å². The molecule has 0 spiro atoms. The van der Waals surface area contributed by atoms with Crippen LogP contribution in [0.15, 0.2) is 23.1 Å². The first-order valence-corrected chi connectivity index (χ1v) is 5.18. The van der Waals surface area contributed by atoms with Crippen LogP contribution in [0.2, 0.25) is 0 Å². The molecule has 1 aromatic rings. The molecular formula is C8H9NaO5S. The summed E-state index contributed by atoms with van der Waals surface area (Å²) >= 11 is 0. The summed E-state index contributed by atoms with van der Waals surface area (Å²) in [6, 6.07) is 3.59. The molecule has 1 aromatic carbocycles. The molecule has 1 rings (SSSR count). The van der Waals surface area contributed by atoms with E-state index in [1.807, 2.05) is 0 Å². The van der Waals surface area contributed by atoms with E-state index in [-0.39, 0.29) is 53.9 Å². The topological polar surface area (TPSA) is 97.7 Å². The zero-order valence-electron chi connectivity index (χ0n) is 8.17.